The fourth-order valence-corrected chi connectivity index (χ4v) is 4.12. The number of hydrogen-bond acceptors (Lipinski definition) is 9. The third-order valence-corrected chi connectivity index (χ3v) is 6.32. The van der Waals surface area contributed by atoms with Crippen LogP contribution in [-0.4, -0.2) is 64.9 Å². The van der Waals surface area contributed by atoms with E-state index in [0.717, 1.165) is 37.0 Å². The molecule has 190 valence electrons. The van der Waals surface area contributed by atoms with Crippen molar-refractivity contribution in [2.75, 3.05) is 49.2 Å². The van der Waals surface area contributed by atoms with Gasteiger partial charge < -0.3 is 19.5 Å². The van der Waals surface area contributed by atoms with Gasteiger partial charge in [0.2, 0.25) is 11.8 Å². The van der Waals surface area contributed by atoms with Crippen LogP contribution in [-0.2, 0) is 11.0 Å². The molecule has 14 heteroatoms. The van der Waals surface area contributed by atoms with Crippen LogP contribution >= 0.6 is 11.8 Å². The molecular weight excluding hydrogens is 501 g/mol. The lowest BCUT2D eigenvalue weighted by Gasteiger charge is -2.35. The van der Waals surface area contributed by atoms with E-state index in [-0.39, 0.29) is 28.2 Å². The van der Waals surface area contributed by atoms with E-state index < -0.39 is 22.6 Å². The number of benzene rings is 2. The van der Waals surface area contributed by atoms with Crippen molar-refractivity contribution < 1.29 is 27.3 Å². The van der Waals surface area contributed by atoms with Gasteiger partial charge in [-0.2, -0.15) is 13.2 Å². The molecule has 36 heavy (non-hydrogen) atoms. The Labute approximate surface area is 207 Å². The molecule has 1 N–H and O–H groups in total. The lowest BCUT2D eigenvalue weighted by Crippen LogP contribution is -2.44. The van der Waals surface area contributed by atoms with Crippen molar-refractivity contribution in [3.8, 4) is 11.5 Å². The third kappa shape index (κ3) is 6.12. The molecule has 1 aromatic heterocycles. The summed E-state index contributed by atoms with van der Waals surface area (Å²) in [5.41, 5.74) is 0.123. The van der Waals surface area contributed by atoms with Crippen LogP contribution in [0.3, 0.4) is 0 Å². The summed E-state index contributed by atoms with van der Waals surface area (Å²) >= 11 is 0.920. The number of nitro groups is 1. The van der Waals surface area contributed by atoms with Gasteiger partial charge in [0.1, 0.15) is 0 Å². The SMILES string of the molecule is CN1CCN(c2ccc(C(F)(F)F)cc2NC(=O)CSc2nnc(-c3ccc([N+](=O)[O-])cc3)o2)CC1. The molecule has 4 rings (SSSR count). The molecular formula is C22H21F3N6O4S. The average molecular weight is 523 g/mol. The molecule has 1 fully saturated rings. The Morgan fingerprint density at radius 2 is 1.83 bits per heavy atom. The van der Waals surface area contributed by atoms with Crippen LogP contribution < -0.4 is 10.2 Å². The first-order chi connectivity index (χ1) is 17.1. The highest BCUT2D eigenvalue weighted by Gasteiger charge is 2.32. The number of halogens is 3. The third-order valence-electron chi connectivity index (χ3n) is 5.50. The lowest BCUT2D eigenvalue weighted by atomic mass is 10.1. The second kappa shape index (κ2) is 10.5. The van der Waals surface area contributed by atoms with Gasteiger partial charge in [0, 0.05) is 43.9 Å². The summed E-state index contributed by atoms with van der Waals surface area (Å²) in [6, 6.07) is 8.84. The van der Waals surface area contributed by atoms with Gasteiger partial charge in [-0.3, -0.25) is 14.9 Å². The smallest absolute Gasteiger partial charge is 0.411 e. The summed E-state index contributed by atoms with van der Waals surface area (Å²) in [7, 11) is 1.97. The zero-order valence-electron chi connectivity index (χ0n) is 19.0. The number of alkyl halides is 3. The van der Waals surface area contributed by atoms with Gasteiger partial charge in [0.25, 0.3) is 10.9 Å². The summed E-state index contributed by atoms with van der Waals surface area (Å²) in [4.78, 5) is 26.9. The molecule has 1 aliphatic rings. The molecule has 0 atom stereocenters. The number of anilines is 2. The molecule has 0 radical (unpaired) electrons. The van der Waals surface area contributed by atoms with Crippen molar-refractivity contribution in [3.63, 3.8) is 0 Å². The number of nitro benzene ring substituents is 1. The lowest BCUT2D eigenvalue weighted by molar-refractivity contribution is -0.384. The molecule has 1 amide bonds. The summed E-state index contributed by atoms with van der Waals surface area (Å²) in [5.74, 6) is -0.604. The number of aromatic nitrogens is 2. The van der Waals surface area contributed by atoms with Crippen molar-refractivity contribution >= 4 is 34.7 Å². The van der Waals surface area contributed by atoms with E-state index in [1.54, 1.807) is 0 Å². The normalized spacial score (nSPS) is 14.6. The van der Waals surface area contributed by atoms with Gasteiger partial charge in [-0.1, -0.05) is 11.8 Å². The highest BCUT2D eigenvalue weighted by molar-refractivity contribution is 7.99. The highest BCUT2D eigenvalue weighted by Crippen LogP contribution is 2.36. The highest BCUT2D eigenvalue weighted by atomic mass is 32.2. The second-order valence-electron chi connectivity index (χ2n) is 8.03. The van der Waals surface area contributed by atoms with Crippen molar-refractivity contribution in [2.24, 2.45) is 0 Å². The molecule has 0 spiro atoms. The van der Waals surface area contributed by atoms with Crippen LogP contribution in [0.15, 0.2) is 52.1 Å². The summed E-state index contributed by atoms with van der Waals surface area (Å²) in [6.45, 7) is 2.73. The zero-order valence-corrected chi connectivity index (χ0v) is 19.8. The number of carbonyl (C=O) groups excluding carboxylic acids is 1. The minimum absolute atomic E-state index is 0.0711. The second-order valence-corrected chi connectivity index (χ2v) is 8.96. The predicted molar refractivity (Wildman–Crippen MR) is 127 cm³/mol. The Balaban J connectivity index is 1.43. The van der Waals surface area contributed by atoms with Crippen molar-refractivity contribution in [3.05, 3.63) is 58.1 Å². The predicted octanol–water partition coefficient (Wildman–Crippen LogP) is 4.15. The number of likely N-dealkylation sites (N-methyl/N-ethyl adjacent to an activating group) is 1. The Morgan fingerprint density at radius 1 is 1.14 bits per heavy atom. The first kappa shape index (κ1) is 25.4. The average Bonchev–Trinajstić information content (AvgIpc) is 3.32. The Morgan fingerprint density at radius 3 is 2.47 bits per heavy atom. The van der Waals surface area contributed by atoms with E-state index in [1.807, 2.05) is 11.9 Å². The van der Waals surface area contributed by atoms with Crippen molar-refractivity contribution in [1.82, 2.24) is 15.1 Å². The van der Waals surface area contributed by atoms with Crippen LogP contribution in [0.5, 0.6) is 0 Å². The van der Waals surface area contributed by atoms with Gasteiger partial charge in [-0.15, -0.1) is 10.2 Å². The molecule has 0 unspecified atom stereocenters. The van der Waals surface area contributed by atoms with Crippen LogP contribution in [0, 0.1) is 10.1 Å². The maximum Gasteiger partial charge on any atom is 0.416 e. The van der Waals surface area contributed by atoms with Gasteiger partial charge in [0.05, 0.1) is 27.6 Å². The minimum atomic E-state index is -4.55. The maximum absolute atomic E-state index is 13.3. The van der Waals surface area contributed by atoms with E-state index in [1.165, 1.54) is 30.3 Å². The van der Waals surface area contributed by atoms with E-state index in [9.17, 15) is 28.1 Å². The molecule has 2 heterocycles. The topological polar surface area (TPSA) is 118 Å². The number of thioether (sulfide) groups is 1. The van der Waals surface area contributed by atoms with Gasteiger partial charge in [0.15, 0.2) is 0 Å². The molecule has 1 aliphatic heterocycles. The first-order valence-electron chi connectivity index (χ1n) is 10.8. The Hall–Kier alpha value is -3.65. The maximum atomic E-state index is 13.3. The molecule has 0 aliphatic carbocycles. The summed E-state index contributed by atoms with van der Waals surface area (Å²) in [6.07, 6.45) is -4.55. The van der Waals surface area contributed by atoms with Crippen LogP contribution in [0.4, 0.5) is 30.2 Å². The van der Waals surface area contributed by atoms with Gasteiger partial charge >= 0.3 is 6.18 Å². The molecule has 0 saturated carbocycles. The quantitative estimate of drug-likeness (QED) is 0.277. The largest absolute Gasteiger partial charge is 0.416 e. The van der Waals surface area contributed by atoms with E-state index in [0.29, 0.717) is 24.3 Å². The number of carbonyl (C=O) groups is 1. The van der Waals surface area contributed by atoms with E-state index in [2.05, 4.69) is 20.4 Å². The standard InChI is InChI=1S/C22H21F3N6O4S/c1-29-8-10-30(11-9-29)18-7-4-15(22(23,24)25)12-17(18)26-19(32)13-36-21-28-27-20(35-21)14-2-5-16(6-3-14)31(33)34/h2-7,12H,8-11,13H2,1H3,(H,26,32). The number of amides is 1. The Kier molecular flexibility index (Phi) is 7.45. The Bertz CT molecular complexity index is 1240. The van der Waals surface area contributed by atoms with Gasteiger partial charge in [-0.25, -0.2) is 0 Å². The molecule has 10 nitrogen and oxygen atoms in total. The summed E-state index contributed by atoms with van der Waals surface area (Å²) < 4.78 is 45.4. The van der Waals surface area contributed by atoms with Crippen LogP contribution in [0.25, 0.3) is 11.5 Å². The van der Waals surface area contributed by atoms with Crippen LogP contribution in [0.2, 0.25) is 0 Å². The van der Waals surface area contributed by atoms with Crippen molar-refractivity contribution in [1.29, 1.82) is 0 Å². The first-order valence-corrected chi connectivity index (χ1v) is 11.7. The molecule has 1 saturated heterocycles. The summed E-state index contributed by atoms with van der Waals surface area (Å²) in [5, 5.41) is 21.1. The molecule has 0 bridgehead atoms. The minimum Gasteiger partial charge on any atom is -0.411 e. The molecule has 3 aromatic rings. The number of rotatable bonds is 7. The number of non-ortho nitro benzene ring substituents is 1. The van der Waals surface area contributed by atoms with Crippen molar-refractivity contribution in [2.45, 2.75) is 11.4 Å². The van der Waals surface area contributed by atoms with Gasteiger partial charge in [-0.05, 0) is 37.4 Å². The fraction of sp³-hybridized carbons (Fsp3) is 0.318. The van der Waals surface area contributed by atoms with E-state index >= 15 is 0 Å². The number of piperazine rings is 1. The number of nitrogens with one attached hydrogen (secondary N) is 1. The monoisotopic (exact) mass is 522 g/mol. The molecule has 2 aromatic carbocycles. The fourth-order valence-electron chi connectivity index (χ4n) is 3.56. The zero-order chi connectivity index (χ0) is 25.9. The van der Waals surface area contributed by atoms with Crippen LogP contribution in [0.1, 0.15) is 5.56 Å². The van der Waals surface area contributed by atoms with E-state index in [4.69, 9.17) is 4.42 Å². The number of hydrogen-bond donors (Lipinski definition) is 1. The number of nitrogens with zero attached hydrogens (tertiary/aromatic N) is 5.